The second-order valence-electron chi connectivity index (χ2n) is 4.83. The molecule has 0 unspecified atom stereocenters. The molecule has 2 aromatic rings. The van der Waals surface area contributed by atoms with Gasteiger partial charge in [0, 0.05) is 18.7 Å². The molecular formula is C16H11NO4S2. The van der Waals surface area contributed by atoms with E-state index in [0.29, 0.717) is 20.7 Å². The molecule has 23 heavy (non-hydrogen) atoms. The van der Waals surface area contributed by atoms with Gasteiger partial charge in [-0.25, -0.2) is 4.79 Å². The van der Waals surface area contributed by atoms with Crippen LogP contribution in [0.15, 0.2) is 45.7 Å². The lowest BCUT2D eigenvalue weighted by Gasteiger charge is -2.03. The van der Waals surface area contributed by atoms with E-state index in [1.165, 1.54) is 28.8 Å². The second-order valence-corrected chi connectivity index (χ2v) is 6.50. The highest BCUT2D eigenvalue weighted by atomic mass is 32.2. The number of thioether (sulfide) groups is 1. The lowest BCUT2D eigenvalue weighted by atomic mass is 10.1. The van der Waals surface area contributed by atoms with Gasteiger partial charge < -0.3 is 9.52 Å². The van der Waals surface area contributed by atoms with E-state index >= 15 is 0 Å². The van der Waals surface area contributed by atoms with Gasteiger partial charge in [0.25, 0.3) is 5.91 Å². The first kappa shape index (κ1) is 15.5. The SMILES string of the molecule is CN1C(=O)C(=Cc2ccc(-c3ccc(C(=O)O)cc3)o2)SC1=S. The molecule has 2 heterocycles. The summed E-state index contributed by atoms with van der Waals surface area (Å²) in [4.78, 5) is 24.7. The van der Waals surface area contributed by atoms with Crippen LogP contribution in [0, 0.1) is 0 Å². The number of thiocarbonyl (C=S) groups is 1. The normalized spacial score (nSPS) is 16.4. The fourth-order valence-corrected chi connectivity index (χ4v) is 3.20. The van der Waals surface area contributed by atoms with E-state index in [1.54, 1.807) is 37.4 Å². The van der Waals surface area contributed by atoms with Crippen LogP contribution in [0.3, 0.4) is 0 Å². The maximum Gasteiger partial charge on any atom is 0.335 e. The van der Waals surface area contributed by atoms with E-state index in [0.717, 1.165) is 5.56 Å². The van der Waals surface area contributed by atoms with Crippen LogP contribution in [0.4, 0.5) is 0 Å². The Labute approximate surface area is 141 Å². The minimum Gasteiger partial charge on any atom is -0.478 e. The number of rotatable bonds is 3. The summed E-state index contributed by atoms with van der Waals surface area (Å²) in [6, 6.07) is 9.91. The van der Waals surface area contributed by atoms with Gasteiger partial charge in [0.15, 0.2) is 0 Å². The molecule has 0 saturated carbocycles. The zero-order valence-electron chi connectivity index (χ0n) is 12.0. The lowest BCUT2D eigenvalue weighted by molar-refractivity contribution is -0.121. The molecule has 0 spiro atoms. The average molecular weight is 345 g/mol. The van der Waals surface area contributed by atoms with Crippen molar-refractivity contribution in [1.82, 2.24) is 4.90 Å². The molecule has 3 rings (SSSR count). The van der Waals surface area contributed by atoms with Crippen molar-refractivity contribution in [2.24, 2.45) is 0 Å². The van der Waals surface area contributed by atoms with Gasteiger partial charge in [-0.05, 0) is 24.3 Å². The van der Waals surface area contributed by atoms with E-state index in [9.17, 15) is 9.59 Å². The Morgan fingerprint density at radius 3 is 2.52 bits per heavy atom. The number of furan rings is 1. The summed E-state index contributed by atoms with van der Waals surface area (Å²) in [6.07, 6.45) is 1.65. The summed E-state index contributed by atoms with van der Waals surface area (Å²) in [5, 5.41) is 8.90. The number of nitrogens with zero attached hydrogens (tertiary/aromatic N) is 1. The molecule has 1 fully saturated rings. The molecule has 1 saturated heterocycles. The molecule has 1 aromatic carbocycles. The topological polar surface area (TPSA) is 70.8 Å². The summed E-state index contributed by atoms with van der Waals surface area (Å²) in [5.41, 5.74) is 0.977. The average Bonchev–Trinajstić information content (AvgIpc) is 3.09. The van der Waals surface area contributed by atoms with Gasteiger partial charge in [0.05, 0.1) is 10.5 Å². The molecule has 7 heteroatoms. The number of hydrogen-bond acceptors (Lipinski definition) is 5. The number of hydrogen-bond donors (Lipinski definition) is 1. The fourth-order valence-electron chi connectivity index (χ4n) is 2.04. The maximum atomic E-state index is 12.0. The van der Waals surface area contributed by atoms with Crippen molar-refractivity contribution in [3.63, 3.8) is 0 Å². The number of benzene rings is 1. The first-order valence-corrected chi connectivity index (χ1v) is 7.83. The Morgan fingerprint density at radius 1 is 1.26 bits per heavy atom. The highest BCUT2D eigenvalue weighted by molar-refractivity contribution is 8.26. The standard InChI is InChI=1S/C16H11NO4S2/c1-17-14(18)13(23-16(17)22)8-11-6-7-12(21-11)9-2-4-10(5-3-9)15(19)20/h2-8H,1H3,(H,19,20). The smallest absolute Gasteiger partial charge is 0.335 e. The van der Waals surface area contributed by atoms with Crippen molar-refractivity contribution >= 4 is 46.3 Å². The van der Waals surface area contributed by atoms with Crippen LogP contribution in [-0.4, -0.2) is 33.3 Å². The molecule has 1 N–H and O–H groups in total. The van der Waals surface area contributed by atoms with Crippen LogP contribution in [0.5, 0.6) is 0 Å². The fraction of sp³-hybridized carbons (Fsp3) is 0.0625. The number of carboxylic acid groups (broad SMARTS) is 1. The molecule has 5 nitrogen and oxygen atoms in total. The molecule has 116 valence electrons. The van der Waals surface area contributed by atoms with E-state index in [1.807, 2.05) is 0 Å². The summed E-state index contributed by atoms with van der Waals surface area (Å²) in [5.74, 6) is 0.0125. The van der Waals surface area contributed by atoms with Gasteiger partial charge in [-0.15, -0.1) is 0 Å². The van der Waals surface area contributed by atoms with Crippen LogP contribution < -0.4 is 0 Å². The first-order chi connectivity index (χ1) is 11.0. The first-order valence-electron chi connectivity index (χ1n) is 6.61. The summed E-state index contributed by atoms with van der Waals surface area (Å²) >= 11 is 6.31. The van der Waals surface area contributed by atoms with Crippen molar-refractivity contribution in [3.8, 4) is 11.3 Å². The Morgan fingerprint density at radius 2 is 1.96 bits per heavy atom. The van der Waals surface area contributed by atoms with Crippen LogP contribution in [0.25, 0.3) is 17.4 Å². The summed E-state index contributed by atoms with van der Waals surface area (Å²) in [7, 11) is 1.63. The zero-order chi connectivity index (χ0) is 16.6. The van der Waals surface area contributed by atoms with Crippen LogP contribution in [-0.2, 0) is 4.79 Å². The van der Waals surface area contributed by atoms with Gasteiger partial charge in [-0.1, -0.05) is 36.1 Å². The summed E-state index contributed by atoms with van der Waals surface area (Å²) < 4.78 is 6.21. The largest absolute Gasteiger partial charge is 0.478 e. The van der Waals surface area contributed by atoms with Crippen molar-refractivity contribution in [2.75, 3.05) is 7.05 Å². The maximum absolute atomic E-state index is 12.0. The third-order valence-electron chi connectivity index (χ3n) is 3.30. The number of likely N-dealkylation sites (N-methyl/N-ethyl adjacent to an activating group) is 1. The van der Waals surface area contributed by atoms with Crippen LogP contribution in [0.2, 0.25) is 0 Å². The minimum absolute atomic E-state index is 0.149. The quantitative estimate of drug-likeness (QED) is 0.678. The van der Waals surface area contributed by atoms with Crippen molar-refractivity contribution in [1.29, 1.82) is 0 Å². The van der Waals surface area contributed by atoms with Crippen molar-refractivity contribution < 1.29 is 19.1 Å². The molecule has 1 aliphatic rings. The molecule has 1 aromatic heterocycles. The molecule has 1 amide bonds. The number of carbonyl (C=O) groups excluding carboxylic acids is 1. The van der Waals surface area contributed by atoms with Crippen LogP contribution in [0.1, 0.15) is 16.1 Å². The third kappa shape index (κ3) is 3.06. The molecular weight excluding hydrogens is 334 g/mol. The van der Waals surface area contributed by atoms with Gasteiger partial charge in [0.1, 0.15) is 15.8 Å². The van der Waals surface area contributed by atoms with Gasteiger partial charge in [-0.3, -0.25) is 9.69 Å². The van der Waals surface area contributed by atoms with E-state index in [2.05, 4.69) is 0 Å². The number of amides is 1. The Hall–Kier alpha value is -2.38. The van der Waals surface area contributed by atoms with Gasteiger partial charge >= 0.3 is 5.97 Å². The summed E-state index contributed by atoms with van der Waals surface area (Å²) in [6.45, 7) is 0. The lowest BCUT2D eigenvalue weighted by Crippen LogP contribution is -2.22. The Bertz CT molecular complexity index is 836. The molecule has 0 bridgehead atoms. The molecule has 0 radical (unpaired) electrons. The van der Waals surface area contributed by atoms with Crippen molar-refractivity contribution in [3.05, 3.63) is 52.6 Å². The number of aromatic carboxylic acids is 1. The molecule has 1 aliphatic heterocycles. The van der Waals surface area contributed by atoms with E-state index in [4.69, 9.17) is 21.7 Å². The van der Waals surface area contributed by atoms with E-state index in [-0.39, 0.29) is 11.5 Å². The van der Waals surface area contributed by atoms with Gasteiger partial charge in [-0.2, -0.15) is 0 Å². The third-order valence-corrected chi connectivity index (χ3v) is 4.79. The Balaban J connectivity index is 1.85. The monoisotopic (exact) mass is 345 g/mol. The predicted octanol–water partition coefficient (Wildman–Crippen LogP) is 3.48. The predicted molar refractivity (Wildman–Crippen MR) is 92.0 cm³/mol. The molecule has 0 atom stereocenters. The minimum atomic E-state index is -0.974. The van der Waals surface area contributed by atoms with E-state index < -0.39 is 5.97 Å². The number of carboxylic acids is 1. The second kappa shape index (κ2) is 6.02. The Kier molecular flexibility index (Phi) is 4.06. The van der Waals surface area contributed by atoms with Gasteiger partial charge in [0.2, 0.25) is 0 Å². The molecule has 0 aliphatic carbocycles. The van der Waals surface area contributed by atoms with Crippen LogP contribution >= 0.6 is 24.0 Å². The highest BCUT2D eigenvalue weighted by Gasteiger charge is 2.29. The highest BCUT2D eigenvalue weighted by Crippen LogP contribution is 2.32. The zero-order valence-corrected chi connectivity index (χ0v) is 13.6. The van der Waals surface area contributed by atoms with Crippen molar-refractivity contribution in [2.45, 2.75) is 0 Å². The number of carbonyl (C=O) groups is 2.